The average molecular weight is 341 g/mol. The number of benzene rings is 1. The van der Waals surface area contributed by atoms with Gasteiger partial charge in [0.05, 0.1) is 18.8 Å². The van der Waals surface area contributed by atoms with E-state index >= 15 is 0 Å². The molecule has 2 saturated heterocycles. The molecule has 2 fully saturated rings. The Morgan fingerprint density at radius 1 is 0.880 bits per heavy atom. The van der Waals surface area contributed by atoms with Gasteiger partial charge in [0, 0.05) is 25.9 Å². The minimum Gasteiger partial charge on any atom is -0.367 e. The van der Waals surface area contributed by atoms with E-state index in [1.807, 2.05) is 24.8 Å². The molecule has 132 valence electrons. The van der Waals surface area contributed by atoms with E-state index in [2.05, 4.69) is 13.0 Å². The molecule has 0 unspecified atom stereocenters. The number of anilines is 1. The van der Waals surface area contributed by atoms with Crippen LogP contribution in [0.4, 0.5) is 5.69 Å². The van der Waals surface area contributed by atoms with Crippen LogP contribution in [0.3, 0.4) is 0 Å². The highest BCUT2D eigenvalue weighted by molar-refractivity contribution is 5.85. The quantitative estimate of drug-likeness (QED) is 0.784. The molecule has 2 aromatic carbocycles. The van der Waals surface area contributed by atoms with Crippen molar-refractivity contribution >= 4 is 5.69 Å². The Morgan fingerprint density at radius 3 is 2.12 bits per heavy atom. The van der Waals surface area contributed by atoms with E-state index in [1.54, 1.807) is 0 Å². The highest BCUT2D eigenvalue weighted by Crippen LogP contribution is 2.36. The van der Waals surface area contributed by atoms with Crippen molar-refractivity contribution in [2.24, 2.45) is 0 Å². The van der Waals surface area contributed by atoms with E-state index in [9.17, 15) is 9.59 Å². The Labute approximate surface area is 146 Å². The second kappa shape index (κ2) is 5.78. The Bertz CT molecular complexity index is 891. The molecule has 0 aromatic heterocycles. The second-order valence-corrected chi connectivity index (χ2v) is 7.23. The first-order valence-electron chi connectivity index (χ1n) is 8.86. The summed E-state index contributed by atoms with van der Waals surface area (Å²) >= 11 is 0. The SMILES string of the molecule is Cc1cc(C)c(-c2c(N3CCC4(CC3)OCCO4)c(=O)c2=O)cc1C. The molecule has 25 heavy (non-hydrogen) atoms. The fourth-order valence-corrected chi connectivity index (χ4v) is 4.02. The van der Waals surface area contributed by atoms with Crippen LogP contribution < -0.4 is 15.8 Å². The van der Waals surface area contributed by atoms with Crippen LogP contribution >= 0.6 is 0 Å². The third-order valence-electron chi connectivity index (χ3n) is 5.65. The van der Waals surface area contributed by atoms with Gasteiger partial charge >= 0.3 is 0 Å². The van der Waals surface area contributed by atoms with Gasteiger partial charge in [0.2, 0.25) is 10.9 Å². The number of hydrogen-bond donors (Lipinski definition) is 0. The lowest BCUT2D eigenvalue weighted by Gasteiger charge is -2.39. The monoisotopic (exact) mass is 341 g/mol. The van der Waals surface area contributed by atoms with Crippen LogP contribution in [-0.4, -0.2) is 32.1 Å². The molecule has 0 radical (unpaired) electrons. The Hall–Kier alpha value is -1.98. The first kappa shape index (κ1) is 16.5. The topological polar surface area (TPSA) is 55.8 Å². The maximum Gasteiger partial charge on any atom is 0.250 e. The summed E-state index contributed by atoms with van der Waals surface area (Å²) in [7, 11) is 0. The lowest BCUT2D eigenvalue weighted by molar-refractivity contribution is -0.169. The van der Waals surface area contributed by atoms with E-state index in [0.29, 0.717) is 37.6 Å². The molecule has 2 aliphatic rings. The molecule has 0 N–H and O–H groups in total. The smallest absolute Gasteiger partial charge is 0.250 e. The largest absolute Gasteiger partial charge is 0.367 e. The zero-order valence-corrected chi connectivity index (χ0v) is 15.0. The van der Waals surface area contributed by atoms with Gasteiger partial charge in [-0.05, 0) is 43.0 Å². The predicted molar refractivity (Wildman–Crippen MR) is 97.1 cm³/mol. The summed E-state index contributed by atoms with van der Waals surface area (Å²) in [4.78, 5) is 26.7. The normalized spacial score (nSPS) is 19.9. The first-order valence-corrected chi connectivity index (χ1v) is 8.86. The molecule has 0 aliphatic carbocycles. The summed E-state index contributed by atoms with van der Waals surface area (Å²) in [5, 5.41) is 0. The van der Waals surface area contributed by atoms with Crippen molar-refractivity contribution in [2.45, 2.75) is 39.4 Å². The molecular weight excluding hydrogens is 318 g/mol. The summed E-state index contributed by atoms with van der Waals surface area (Å²) in [6.45, 7) is 8.68. The van der Waals surface area contributed by atoms with Crippen molar-refractivity contribution in [3.63, 3.8) is 0 Å². The van der Waals surface area contributed by atoms with Gasteiger partial charge in [-0.25, -0.2) is 0 Å². The highest BCUT2D eigenvalue weighted by atomic mass is 16.7. The van der Waals surface area contributed by atoms with Crippen molar-refractivity contribution in [1.82, 2.24) is 0 Å². The third-order valence-corrected chi connectivity index (χ3v) is 5.65. The number of piperidine rings is 1. The van der Waals surface area contributed by atoms with Crippen molar-refractivity contribution in [2.75, 3.05) is 31.2 Å². The Balaban J connectivity index is 1.67. The fraction of sp³-hybridized carbons (Fsp3) is 0.500. The predicted octanol–water partition coefficient (Wildman–Crippen LogP) is 2.22. The number of rotatable bonds is 2. The van der Waals surface area contributed by atoms with E-state index < -0.39 is 5.79 Å². The molecule has 2 aliphatic heterocycles. The van der Waals surface area contributed by atoms with Gasteiger partial charge < -0.3 is 14.4 Å². The fourth-order valence-electron chi connectivity index (χ4n) is 4.02. The standard InChI is InChI=1S/C20H23NO4/c1-12-10-14(3)15(11-13(12)2)16-17(19(23)18(16)22)21-6-4-20(5-7-21)24-8-9-25-20/h10-11H,4-9H2,1-3H3. The molecule has 2 aromatic rings. The van der Waals surface area contributed by atoms with Crippen molar-refractivity contribution < 1.29 is 9.47 Å². The molecule has 0 saturated carbocycles. The van der Waals surface area contributed by atoms with Gasteiger partial charge in [-0.1, -0.05) is 12.1 Å². The van der Waals surface area contributed by atoms with Gasteiger partial charge in [-0.2, -0.15) is 0 Å². The van der Waals surface area contributed by atoms with Gasteiger partial charge in [0.25, 0.3) is 0 Å². The van der Waals surface area contributed by atoms with E-state index in [0.717, 1.165) is 29.5 Å². The molecule has 5 heteroatoms. The lowest BCUT2D eigenvalue weighted by Crippen LogP contribution is -2.50. The van der Waals surface area contributed by atoms with Crippen molar-refractivity contribution in [1.29, 1.82) is 0 Å². The summed E-state index contributed by atoms with van der Waals surface area (Å²) in [6, 6.07) is 4.11. The lowest BCUT2D eigenvalue weighted by atomic mass is 9.90. The van der Waals surface area contributed by atoms with Crippen molar-refractivity contribution in [3.8, 4) is 11.1 Å². The zero-order valence-electron chi connectivity index (χ0n) is 15.0. The minimum atomic E-state index is -0.482. The molecule has 0 atom stereocenters. The Morgan fingerprint density at radius 2 is 1.48 bits per heavy atom. The third kappa shape index (κ3) is 2.53. The number of ether oxygens (including phenoxy) is 2. The van der Waals surface area contributed by atoms with E-state index in [-0.39, 0.29) is 10.9 Å². The molecular formula is C20H23NO4. The number of aryl methyl sites for hydroxylation is 3. The van der Waals surface area contributed by atoms with Crippen LogP contribution in [0.1, 0.15) is 29.5 Å². The summed E-state index contributed by atoms with van der Waals surface area (Å²) in [5.41, 5.74) is 4.66. The molecule has 0 amide bonds. The highest BCUT2D eigenvalue weighted by Gasteiger charge is 2.41. The van der Waals surface area contributed by atoms with Crippen LogP contribution in [0.25, 0.3) is 11.1 Å². The van der Waals surface area contributed by atoms with Crippen LogP contribution in [-0.2, 0) is 9.47 Å². The van der Waals surface area contributed by atoms with Gasteiger partial charge in [-0.3, -0.25) is 9.59 Å². The molecule has 1 spiro atoms. The van der Waals surface area contributed by atoms with Gasteiger partial charge in [-0.15, -0.1) is 0 Å². The average Bonchev–Trinajstić information content (AvgIpc) is 3.05. The summed E-state index contributed by atoms with van der Waals surface area (Å²) in [6.07, 6.45) is 1.44. The van der Waals surface area contributed by atoms with E-state index in [1.165, 1.54) is 5.56 Å². The maximum absolute atomic E-state index is 12.3. The van der Waals surface area contributed by atoms with Crippen LogP contribution in [0, 0.1) is 20.8 Å². The van der Waals surface area contributed by atoms with Crippen molar-refractivity contribution in [3.05, 3.63) is 49.3 Å². The van der Waals surface area contributed by atoms with Crippen LogP contribution in [0.15, 0.2) is 21.7 Å². The molecule has 0 bridgehead atoms. The number of nitrogens with zero attached hydrogens (tertiary/aromatic N) is 1. The van der Waals surface area contributed by atoms with Gasteiger partial charge in [0.15, 0.2) is 5.79 Å². The first-order chi connectivity index (χ1) is 11.9. The van der Waals surface area contributed by atoms with Crippen LogP contribution in [0.5, 0.6) is 0 Å². The molecule has 5 nitrogen and oxygen atoms in total. The van der Waals surface area contributed by atoms with Crippen LogP contribution in [0.2, 0.25) is 0 Å². The second-order valence-electron chi connectivity index (χ2n) is 7.23. The Kier molecular flexibility index (Phi) is 3.81. The zero-order chi connectivity index (χ0) is 17.8. The van der Waals surface area contributed by atoms with E-state index in [4.69, 9.17) is 9.47 Å². The summed E-state index contributed by atoms with van der Waals surface area (Å²) < 4.78 is 11.5. The maximum atomic E-state index is 12.3. The van der Waals surface area contributed by atoms with Gasteiger partial charge in [0.1, 0.15) is 5.69 Å². The molecule has 4 rings (SSSR count). The minimum absolute atomic E-state index is 0.364. The number of hydrogen-bond acceptors (Lipinski definition) is 5. The molecule has 2 heterocycles. The summed E-state index contributed by atoms with van der Waals surface area (Å²) in [5.74, 6) is -0.482.